The number of nitrogens with zero attached hydrogens (tertiary/aromatic N) is 2. The summed E-state index contributed by atoms with van der Waals surface area (Å²) in [5.74, 6) is -0.790. The predicted octanol–water partition coefficient (Wildman–Crippen LogP) is 7.95. The summed E-state index contributed by atoms with van der Waals surface area (Å²) < 4.78 is 10.5. The molecule has 2 heterocycles. The first-order valence-corrected chi connectivity index (χ1v) is 19.1. The minimum absolute atomic E-state index is 0. The Labute approximate surface area is 334 Å². The molecule has 0 bridgehead atoms. The summed E-state index contributed by atoms with van der Waals surface area (Å²) in [7, 11) is 0. The van der Waals surface area contributed by atoms with Crippen LogP contribution < -0.4 is 10.2 Å². The van der Waals surface area contributed by atoms with Crippen molar-refractivity contribution in [2.75, 3.05) is 13.2 Å². The molecule has 0 fully saturated rings. The van der Waals surface area contributed by atoms with E-state index in [0.717, 1.165) is 71.2 Å². The van der Waals surface area contributed by atoms with E-state index in [9.17, 15) is 19.8 Å². The van der Waals surface area contributed by atoms with Crippen molar-refractivity contribution in [3.63, 3.8) is 0 Å². The number of benzene rings is 4. The van der Waals surface area contributed by atoms with Gasteiger partial charge in [-0.15, -0.1) is 22.7 Å². The van der Waals surface area contributed by atoms with Gasteiger partial charge in [-0.25, -0.2) is 19.6 Å². The monoisotopic (exact) mass is 810 g/mol. The van der Waals surface area contributed by atoms with Gasteiger partial charge in [0.05, 0.1) is 24.3 Å². The Morgan fingerprint density at radius 3 is 1.46 bits per heavy atom. The van der Waals surface area contributed by atoms with Gasteiger partial charge in [0.2, 0.25) is 0 Å². The van der Waals surface area contributed by atoms with Gasteiger partial charge in [0.1, 0.15) is 10.0 Å². The molecule has 0 spiro atoms. The average molecular weight is 812 g/mol. The van der Waals surface area contributed by atoms with E-state index in [-0.39, 0.29) is 48.4 Å². The van der Waals surface area contributed by atoms with E-state index in [1.165, 1.54) is 32.4 Å². The topological polar surface area (TPSA) is 155 Å². The maximum absolute atomic E-state index is 12.4. The molecule has 0 unspecified atom stereocenters. The van der Waals surface area contributed by atoms with Crippen molar-refractivity contribution in [2.24, 2.45) is 9.98 Å². The summed E-state index contributed by atoms with van der Waals surface area (Å²) in [4.78, 5) is 36.4. The third kappa shape index (κ3) is 8.17. The van der Waals surface area contributed by atoms with Crippen LogP contribution in [-0.2, 0) is 54.6 Å². The maximum atomic E-state index is 12.4. The fourth-order valence-corrected chi connectivity index (χ4v) is 9.30. The minimum Gasteiger partial charge on any atom is -0.872 e. The molecule has 2 aromatic heterocycles. The van der Waals surface area contributed by atoms with Crippen molar-refractivity contribution in [3.05, 3.63) is 116 Å². The Bertz CT molecular complexity index is 2210. The van der Waals surface area contributed by atoms with Gasteiger partial charge in [0, 0.05) is 22.2 Å². The van der Waals surface area contributed by atoms with Gasteiger partial charge in [-0.2, -0.15) is 0 Å². The molecule has 12 heteroatoms. The number of aliphatic imine (C=N–C) groups is 2. The van der Waals surface area contributed by atoms with Gasteiger partial charge in [-0.05, 0) is 96.2 Å². The van der Waals surface area contributed by atoms with Crippen LogP contribution in [0.1, 0.15) is 79.4 Å². The largest absolute Gasteiger partial charge is 2.00 e. The molecular weight excluding hydrogens is 774 g/mol. The Hall–Kier alpha value is -4.74. The predicted molar refractivity (Wildman–Crippen MR) is 210 cm³/mol. The Morgan fingerprint density at radius 2 is 1.06 bits per heavy atom. The Morgan fingerprint density at radius 1 is 0.648 bits per heavy atom. The van der Waals surface area contributed by atoms with Crippen molar-refractivity contribution in [1.29, 1.82) is 0 Å². The second kappa shape index (κ2) is 18.1. The van der Waals surface area contributed by atoms with Crippen LogP contribution in [0, 0.1) is 0 Å². The molecule has 54 heavy (non-hydrogen) atoms. The second-order valence-electron chi connectivity index (χ2n) is 12.4. The molecule has 8 rings (SSSR count). The molecule has 6 aromatic rings. The van der Waals surface area contributed by atoms with E-state index in [1.807, 2.05) is 60.7 Å². The first kappa shape index (κ1) is 40.4. The number of carbonyl (C=O) groups excluding carboxylic acids is 2. The number of fused-ring (bicyclic) bond motifs is 4. The van der Waals surface area contributed by atoms with Gasteiger partial charge < -0.3 is 25.2 Å². The SMILES string of the molecule is CCOC(=O)c1c(N=Cc2c([O-])ccc3ccccc23)sc2c1CCC2.CCOC(=O)c1c(N=Cc2c([O-])ccc3ccccc23)sc2c1CCC2.O.[Zn+2]. The fourth-order valence-electron chi connectivity index (χ4n) is 6.85. The number of esters is 2. The molecule has 0 radical (unpaired) electrons. The summed E-state index contributed by atoms with van der Waals surface area (Å²) in [6, 6.07) is 22.2. The standard InChI is InChI=1S/2C21H19NO3S.H2O.Zn/c2*1-2-25-21(24)19-15-8-5-9-18(15)26-20(19)22-12-16-14-7-4-3-6-13(14)10-11-17(16)23;;/h2*3-4,6-7,10-12,23H,2,5,8-9H2,1H3;1H2;/q;;;+2/p-2. The fraction of sp³-hybridized carbons (Fsp3) is 0.238. The molecule has 272 valence electrons. The second-order valence-corrected chi connectivity index (χ2v) is 14.6. The van der Waals surface area contributed by atoms with E-state index >= 15 is 0 Å². The van der Waals surface area contributed by atoms with Gasteiger partial charge in [0.15, 0.2) is 0 Å². The molecule has 2 aliphatic rings. The van der Waals surface area contributed by atoms with E-state index < -0.39 is 0 Å². The number of thiophene rings is 2. The summed E-state index contributed by atoms with van der Waals surface area (Å²) in [6.45, 7) is 4.27. The zero-order valence-corrected chi connectivity index (χ0v) is 34.7. The van der Waals surface area contributed by atoms with Crippen LogP contribution in [0.15, 0.2) is 82.8 Å². The molecule has 0 aliphatic heterocycles. The maximum Gasteiger partial charge on any atom is 2.00 e. The van der Waals surface area contributed by atoms with Crippen LogP contribution in [0.4, 0.5) is 10.0 Å². The molecule has 0 saturated carbocycles. The minimum atomic E-state index is -0.320. The summed E-state index contributed by atoms with van der Waals surface area (Å²) in [5.41, 5.74) is 4.39. The van der Waals surface area contributed by atoms with Crippen molar-refractivity contribution in [3.8, 4) is 11.5 Å². The van der Waals surface area contributed by atoms with Gasteiger partial charge in [-0.1, -0.05) is 84.3 Å². The Kier molecular flexibility index (Phi) is 13.5. The molecule has 0 saturated heterocycles. The Balaban J connectivity index is 0.000000200. The number of hydrogen-bond acceptors (Lipinski definition) is 10. The zero-order valence-electron chi connectivity index (χ0n) is 30.1. The molecule has 0 amide bonds. The molecule has 9 nitrogen and oxygen atoms in total. The molecular formula is C42H38N2O7S2Zn. The van der Waals surface area contributed by atoms with E-state index in [1.54, 1.807) is 38.4 Å². The first-order chi connectivity index (χ1) is 25.4. The number of ether oxygens (including phenoxy) is 2. The summed E-state index contributed by atoms with van der Waals surface area (Å²) in [6.07, 6.45) is 9.03. The smallest absolute Gasteiger partial charge is 0.872 e. The number of rotatable bonds is 8. The number of carbonyl (C=O) groups is 2. The normalized spacial score (nSPS) is 12.9. The third-order valence-electron chi connectivity index (χ3n) is 9.25. The number of aryl methyl sites for hydroxylation is 2. The van der Waals surface area contributed by atoms with Crippen LogP contribution in [0.3, 0.4) is 0 Å². The van der Waals surface area contributed by atoms with Crippen molar-refractivity contribution in [2.45, 2.75) is 52.4 Å². The van der Waals surface area contributed by atoms with E-state index in [0.29, 0.717) is 45.5 Å². The quantitative estimate of drug-likeness (QED) is 0.0863. The summed E-state index contributed by atoms with van der Waals surface area (Å²) >= 11 is 3.07. The molecule has 0 atom stereocenters. The molecule has 4 aromatic carbocycles. The van der Waals surface area contributed by atoms with E-state index in [2.05, 4.69) is 9.98 Å². The van der Waals surface area contributed by atoms with Crippen molar-refractivity contribution < 1.29 is 54.2 Å². The van der Waals surface area contributed by atoms with Crippen LogP contribution in [0.5, 0.6) is 11.5 Å². The first-order valence-electron chi connectivity index (χ1n) is 17.5. The zero-order chi connectivity index (χ0) is 36.2. The molecule has 2 N–H and O–H groups in total. The van der Waals surface area contributed by atoms with Crippen LogP contribution in [0.25, 0.3) is 21.5 Å². The van der Waals surface area contributed by atoms with Crippen molar-refractivity contribution >= 4 is 78.6 Å². The van der Waals surface area contributed by atoms with Gasteiger partial charge >= 0.3 is 31.4 Å². The summed E-state index contributed by atoms with van der Waals surface area (Å²) in [5, 5.41) is 29.7. The third-order valence-corrected chi connectivity index (χ3v) is 11.6. The average Bonchev–Trinajstić information content (AvgIpc) is 3.93. The van der Waals surface area contributed by atoms with Crippen LogP contribution in [-0.4, -0.2) is 43.1 Å². The number of hydrogen-bond donors (Lipinski definition) is 0. The van der Waals surface area contributed by atoms with E-state index in [4.69, 9.17) is 9.47 Å². The van der Waals surface area contributed by atoms with Crippen molar-refractivity contribution in [1.82, 2.24) is 0 Å². The molecule has 2 aliphatic carbocycles. The van der Waals surface area contributed by atoms with Crippen LogP contribution >= 0.6 is 22.7 Å². The van der Waals surface area contributed by atoms with Gasteiger partial charge in [0.25, 0.3) is 0 Å². The van der Waals surface area contributed by atoms with Crippen LogP contribution in [0.2, 0.25) is 0 Å². The van der Waals surface area contributed by atoms with Gasteiger partial charge in [-0.3, -0.25) is 0 Å².